The summed E-state index contributed by atoms with van der Waals surface area (Å²) in [7, 11) is 0. The monoisotopic (exact) mass is 449 g/mol. The normalized spacial score (nSPS) is 14.1. The second-order valence-electron chi connectivity index (χ2n) is 7.66. The van der Waals surface area contributed by atoms with E-state index in [1.807, 2.05) is 6.07 Å². The number of anilines is 2. The first-order chi connectivity index (χ1) is 16.1. The molecule has 1 aliphatic rings. The van der Waals surface area contributed by atoms with Gasteiger partial charge in [0.15, 0.2) is 0 Å². The van der Waals surface area contributed by atoms with Crippen molar-refractivity contribution in [3.8, 4) is 11.4 Å². The number of aromatic amines is 1. The zero-order valence-electron chi connectivity index (χ0n) is 17.6. The zero-order valence-corrected chi connectivity index (χ0v) is 17.6. The minimum atomic E-state index is -2.65. The summed E-state index contributed by atoms with van der Waals surface area (Å²) in [4.78, 5) is 27.1. The van der Waals surface area contributed by atoms with E-state index in [0.717, 1.165) is 5.69 Å². The molecule has 9 heteroatoms. The first-order valence-corrected chi connectivity index (χ1v) is 10.6. The molecule has 33 heavy (non-hydrogen) atoms. The molecule has 0 unspecified atom stereocenters. The molecule has 1 saturated heterocycles. The van der Waals surface area contributed by atoms with Gasteiger partial charge in [0.2, 0.25) is 0 Å². The van der Waals surface area contributed by atoms with Crippen LogP contribution in [0.3, 0.4) is 0 Å². The van der Waals surface area contributed by atoms with Crippen molar-refractivity contribution in [1.82, 2.24) is 15.0 Å². The molecule has 1 fully saturated rings. The number of hydrogen-bond donors (Lipinski definition) is 2. The van der Waals surface area contributed by atoms with Crippen LogP contribution in [0.25, 0.3) is 22.4 Å². The third-order valence-electron chi connectivity index (χ3n) is 5.56. The maximum Gasteiger partial charge on any atom is 0.264 e. The van der Waals surface area contributed by atoms with Gasteiger partial charge in [0.25, 0.3) is 12.3 Å². The summed E-state index contributed by atoms with van der Waals surface area (Å²) in [6.45, 7) is 2.55. The van der Waals surface area contributed by atoms with Crippen LogP contribution in [0.4, 0.5) is 20.2 Å². The number of carbonyl (C=O) groups excluding carboxylic acids is 1. The number of pyridine rings is 1. The van der Waals surface area contributed by atoms with Gasteiger partial charge in [-0.2, -0.15) is 0 Å². The number of halogens is 2. The van der Waals surface area contributed by atoms with E-state index in [9.17, 15) is 13.6 Å². The molecule has 7 nitrogen and oxygen atoms in total. The molecule has 1 aliphatic heterocycles. The molecule has 0 bridgehead atoms. The van der Waals surface area contributed by atoms with Gasteiger partial charge in [0, 0.05) is 36.1 Å². The number of imidazole rings is 1. The molecule has 168 valence electrons. The van der Waals surface area contributed by atoms with E-state index in [-0.39, 0.29) is 17.3 Å². The van der Waals surface area contributed by atoms with Gasteiger partial charge in [-0.3, -0.25) is 9.78 Å². The van der Waals surface area contributed by atoms with Gasteiger partial charge in [-0.15, -0.1) is 0 Å². The van der Waals surface area contributed by atoms with Crippen molar-refractivity contribution in [2.75, 3.05) is 36.5 Å². The maximum atomic E-state index is 13.6. The summed E-state index contributed by atoms with van der Waals surface area (Å²) in [5, 5.41) is 2.84. The standard InChI is InChI=1S/C24H21F2N5O2/c25-22(26)17-5-1-2-6-18(17)23-29-20-13-16(31-8-10-33-11-9-31)12-19(21(20)30-23)24(32)28-15-4-3-7-27-14-15/h1-7,12-14,22H,8-11H2,(H,28,32)(H,29,30). The summed E-state index contributed by atoms with van der Waals surface area (Å²) >= 11 is 0. The van der Waals surface area contributed by atoms with Crippen LogP contribution >= 0.6 is 0 Å². The summed E-state index contributed by atoms with van der Waals surface area (Å²) in [5.41, 5.74) is 2.91. The first-order valence-electron chi connectivity index (χ1n) is 10.6. The molecule has 0 saturated carbocycles. The van der Waals surface area contributed by atoms with Crippen LogP contribution in [0.1, 0.15) is 22.3 Å². The van der Waals surface area contributed by atoms with Crippen molar-refractivity contribution in [1.29, 1.82) is 0 Å². The second-order valence-corrected chi connectivity index (χ2v) is 7.66. The minimum absolute atomic E-state index is 0.119. The van der Waals surface area contributed by atoms with Crippen LogP contribution in [-0.4, -0.2) is 47.2 Å². The number of alkyl halides is 2. The summed E-state index contributed by atoms with van der Waals surface area (Å²) in [5.74, 6) is -0.0706. The van der Waals surface area contributed by atoms with E-state index in [0.29, 0.717) is 54.2 Å². The lowest BCUT2D eigenvalue weighted by Gasteiger charge is -2.29. The molecule has 5 rings (SSSR count). The Morgan fingerprint density at radius 2 is 1.94 bits per heavy atom. The third kappa shape index (κ3) is 4.27. The van der Waals surface area contributed by atoms with E-state index in [1.54, 1.807) is 48.8 Å². The molecule has 3 heterocycles. The largest absolute Gasteiger partial charge is 0.378 e. The maximum absolute atomic E-state index is 13.6. The van der Waals surface area contributed by atoms with E-state index >= 15 is 0 Å². The molecule has 4 aromatic rings. The number of amides is 1. The van der Waals surface area contributed by atoms with Gasteiger partial charge in [-0.05, 0) is 24.3 Å². The molecule has 0 spiro atoms. The topological polar surface area (TPSA) is 83.1 Å². The van der Waals surface area contributed by atoms with Crippen molar-refractivity contribution >= 4 is 28.3 Å². The molecular formula is C24H21F2N5O2. The lowest BCUT2D eigenvalue weighted by Crippen LogP contribution is -2.36. The molecule has 1 amide bonds. The van der Waals surface area contributed by atoms with Gasteiger partial charge < -0.3 is 19.9 Å². The molecule has 2 aromatic heterocycles. The number of aromatic nitrogens is 3. The van der Waals surface area contributed by atoms with E-state index in [4.69, 9.17) is 4.74 Å². The molecule has 0 atom stereocenters. The average Bonchev–Trinajstić information content (AvgIpc) is 3.28. The molecule has 2 N–H and O–H groups in total. The van der Waals surface area contributed by atoms with Crippen LogP contribution in [0.5, 0.6) is 0 Å². The second kappa shape index (κ2) is 8.95. The molecular weight excluding hydrogens is 428 g/mol. The van der Waals surface area contributed by atoms with Crippen molar-refractivity contribution in [2.45, 2.75) is 6.43 Å². The van der Waals surface area contributed by atoms with E-state index in [2.05, 4.69) is 25.2 Å². The van der Waals surface area contributed by atoms with Crippen LogP contribution in [0, 0.1) is 0 Å². The third-order valence-corrected chi connectivity index (χ3v) is 5.56. The number of nitrogens with zero attached hydrogens (tertiary/aromatic N) is 3. The highest BCUT2D eigenvalue weighted by atomic mass is 19.3. The van der Waals surface area contributed by atoms with Gasteiger partial charge in [0.1, 0.15) is 11.3 Å². The highest BCUT2D eigenvalue weighted by molar-refractivity contribution is 6.12. The Labute approximate surface area is 188 Å². The fraction of sp³-hybridized carbons (Fsp3) is 0.208. The number of hydrogen-bond acceptors (Lipinski definition) is 5. The van der Waals surface area contributed by atoms with Crippen LogP contribution in [0.15, 0.2) is 60.9 Å². The number of benzene rings is 2. The number of carbonyl (C=O) groups is 1. The average molecular weight is 449 g/mol. The number of rotatable bonds is 5. The number of ether oxygens (including phenoxy) is 1. The predicted molar refractivity (Wildman–Crippen MR) is 122 cm³/mol. The SMILES string of the molecule is O=C(Nc1cccnc1)c1cc(N2CCOCC2)cc2[nH]c(-c3ccccc3C(F)F)nc12. The smallest absolute Gasteiger partial charge is 0.264 e. The highest BCUT2D eigenvalue weighted by Crippen LogP contribution is 2.33. The summed E-state index contributed by atoms with van der Waals surface area (Å²) in [6, 6.07) is 13.4. The zero-order chi connectivity index (χ0) is 22.8. The summed E-state index contributed by atoms with van der Waals surface area (Å²) in [6.07, 6.45) is 0.523. The first kappa shape index (κ1) is 21.0. The van der Waals surface area contributed by atoms with Gasteiger partial charge >= 0.3 is 0 Å². The number of H-pyrrole nitrogens is 1. The van der Waals surface area contributed by atoms with Crippen molar-refractivity contribution in [3.05, 3.63) is 72.1 Å². The Kier molecular flexibility index (Phi) is 5.70. The van der Waals surface area contributed by atoms with Crippen LogP contribution in [-0.2, 0) is 4.74 Å². The Morgan fingerprint density at radius 3 is 2.70 bits per heavy atom. The summed E-state index contributed by atoms with van der Waals surface area (Å²) < 4.78 is 32.6. The molecule has 0 radical (unpaired) electrons. The molecule has 0 aliphatic carbocycles. The van der Waals surface area contributed by atoms with Gasteiger partial charge in [0.05, 0.1) is 36.2 Å². The Balaban J connectivity index is 1.62. The van der Waals surface area contributed by atoms with Crippen molar-refractivity contribution < 1.29 is 18.3 Å². The Hall–Kier alpha value is -3.85. The van der Waals surface area contributed by atoms with E-state index in [1.165, 1.54) is 6.07 Å². The fourth-order valence-corrected chi connectivity index (χ4v) is 3.95. The Bertz CT molecular complexity index is 1290. The Morgan fingerprint density at radius 1 is 1.12 bits per heavy atom. The predicted octanol–water partition coefficient (Wildman–Crippen LogP) is 4.65. The van der Waals surface area contributed by atoms with Crippen molar-refractivity contribution in [3.63, 3.8) is 0 Å². The lowest BCUT2D eigenvalue weighted by atomic mass is 10.1. The van der Waals surface area contributed by atoms with Crippen LogP contribution in [0.2, 0.25) is 0 Å². The fourth-order valence-electron chi connectivity index (χ4n) is 3.95. The van der Waals surface area contributed by atoms with Gasteiger partial charge in [-0.1, -0.05) is 24.3 Å². The number of nitrogens with one attached hydrogen (secondary N) is 2. The van der Waals surface area contributed by atoms with Crippen molar-refractivity contribution in [2.24, 2.45) is 0 Å². The number of morpholine rings is 1. The lowest BCUT2D eigenvalue weighted by molar-refractivity contribution is 0.102. The highest BCUT2D eigenvalue weighted by Gasteiger charge is 2.22. The van der Waals surface area contributed by atoms with E-state index < -0.39 is 6.43 Å². The number of fused-ring (bicyclic) bond motifs is 1. The minimum Gasteiger partial charge on any atom is -0.378 e. The molecule has 2 aromatic carbocycles. The van der Waals surface area contributed by atoms with Crippen LogP contribution < -0.4 is 10.2 Å². The quantitative estimate of drug-likeness (QED) is 0.463. The van der Waals surface area contributed by atoms with Gasteiger partial charge in [-0.25, -0.2) is 13.8 Å².